The van der Waals surface area contributed by atoms with Crippen molar-refractivity contribution in [3.05, 3.63) is 25.8 Å². The van der Waals surface area contributed by atoms with Crippen LogP contribution in [0.1, 0.15) is 22.3 Å². The van der Waals surface area contributed by atoms with E-state index in [0.717, 1.165) is 0 Å². The maximum Gasteiger partial charge on any atom is 0.482 e. The summed E-state index contributed by atoms with van der Waals surface area (Å²) in [6, 6.07) is 0. The van der Waals surface area contributed by atoms with Crippen LogP contribution in [-0.4, -0.2) is 15.4 Å². The zero-order chi connectivity index (χ0) is 15.2. The first-order valence-corrected chi connectivity index (χ1v) is 7.76. The minimum Gasteiger partial charge on any atom is -0.449 e. The molecule has 0 heterocycles. The van der Waals surface area contributed by atoms with Gasteiger partial charge in [-0.05, 0) is 60.1 Å². The fourth-order valence-corrected chi connectivity index (χ4v) is 3.85. The molecule has 0 aliphatic carbocycles. The first-order valence-electron chi connectivity index (χ1n) is 5.30. The van der Waals surface area contributed by atoms with Gasteiger partial charge in [-0.2, -0.15) is 8.42 Å². The van der Waals surface area contributed by atoms with Gasteiger partial charge in [0.05, 0.1) is 0 Å². The molecule has 9 heteroatoms. The van der Waals surface area contributed by atoms with Gasteiger partial charge >= 0.3 is 17.2 Å². The summed E-state index contributed by atoms with van der Waals surface area (Å²) in [6.45, 7) is -1.05. The fourth-order valence-electron chi connectivity index (χ4n) is 2.12. The second-order valence-electron chi connectivity index (χ2n) is 4.35. The molecule has 0 saturated heterocycles. The van der Waals surface area contributed by atoms with E-state index in [0.29, 0.717) is 9.13 Å². The topological polar surface area (TPSA) is 34.1 Å². The molecule has 0 amide bonds. The van der Waals surface area contributed by atoms with E-state index in [4.69, 9.17) is 0 Å². The second-order valence-corrected chi connectivity index (χ2v) is 6.71. The minimum absolute atomic E-state index is 0.150. The lowest BCUT2D eigenvalue weighted by atomic mass is 9.78. The van der Waals surface area contributed by atoms with Gasteiger partial charge in [0.1, 0.15) is 4.90 Å². The summed E-state index contributed by atoms with van der Waals surface area (Å²) in [7, 11) is -5.05. The molecule has 0 unspecified atom stereocenters. The van der Waals surface area contributed by atoms with Crippen LogP contribution in [0.4, 0.5) is 16.8 Å². The summed E-state index contributed by atoms with van der Waals surface area (Å²) in [4.78, 5) is -0.641. The first kappa shape index (κ1) is 16.7. The molecule has 19 heavy (non-hydrogen) atoms. The summed E-state index contributed by atoms with van der Waals surface area (Å²) >= 11 is 1.74. The first-order chi connectivity index (χ1) is 8.36. The van der Waals surface area contributed by atoms with E-state index < -0.39 is 28.4 Å². The molecule has 1 aromatic rings. The van der Waals surface area contributed by atoms with E-state index in [1.165, 1.54) is 20.8 Å². The third-order valence-electron chi connectivity index (χ3n) is 2.92. The van der Waals surface area contributed by atoms with Crippen LogP contribution >= 0.6 is 22.6 Å². The molecule has 0 aromatic heterocycles. The average Bonchev–Trinajstić information content (AvgIpc) is 2.18. The Morgan fingerprint density at radius 1 is 1.05 bits per heavy atom. The number of halogens is 5. The van der Waals surface area contributed by atoms with Crippen LogP contribution < -0.4 is 0 Å². The highest BCUT2D eigenvalue weighted by molar-refractivity contribution is 14.1. The molecule has 0 saturated carbocycles. The molecule has 0 spiro atoms. The molecule has 0 aliphatic rings. The molecule has 1 rings (SSSR count). The standard InChI is InChI=1S/C10H11BF4IO2S/c1-5-8(4-11(12,13)14)6(2)10(19(15,17)18)7(3)9(5)16/h4H2,1-3H3/q-1. The zero-order valence-corrected chi connectivity index (χ0v) is 13.4. The molecular weight excluding hydrogens is 398 g/mol. The predicted molar refractivity (Wildman–Crippen MR) is 74.4 cm³/mol. The SMILES string of the molecule is Cc1c(I)c(C)c(S(=O)(=O)F)c(C)c1C[B-](F)(F)F. The number of benzene rings is 1. The third-order valence-corrected chi connectivity index (χ3v) is 5.64. The van der Waals surface area contributed by atoms with Crippen LogP contribution in [0.3, 0.4) is 0 Å². The van der Waals surface area contributed by atoms with Crippen molar-refractivity contribution in [2.75, 3.05) is 0 Å². The van der Waals surface area contributed by atoms with Gasteiger partial charge in [-0.15, -0.1) is 3.89 Å². The van der Waals surface area contributed by atoms with Gasteiger partial charge in [0.2, 0.25) is 0 Å². The van der Waals surface area contributed by atoms with Gasteiger partial charge in [0.25, 0.3) is 0 Å². The maximum atomic E-state index is 13.3. The lowest BCUT2D eigenvalue weighted by molar-refractivity contribution is 0.467. The average molecular weight is 409 g/mol. The summed E-state index contributed by atoms with van der Waals surface area (Å²) in [5, 5.41) is 0. The molecule has 1 aromatic carbocycles. The van der Waals surface area contributed by atoms with Crippen molar-refractivity contribution < 1.29 is 25.3 Å². The largest absolute Gasteiger partial charge is 0.482 e. The van der Waals surface area contributed by atoms with E-state index in [1.807, 2.05) is 0 Å². The van der Waals surface area contributed by atoms with Crippen molar-refractivity contribution in [3.63, 3.8) is 0 Å². The molecule has 2 nitrogen and oxygen atoms in total. The summed E-state index contributed by atoms with van der Waals surface area (Å²) < 4.78 is 73.6. The Labute approximate surface area is 123 Å². The molecule has 0 radical (unpaired) electrons. The number of hydrogen-bond donors (Lipinski definition) is 0. The lowest BCUT2D eigenvalue weighted by Crippen LogP contribution is -2.22. The van der Waals surface area contributed by atoms with E-state index in [2.05, 4.69) is 0 Å². The normalized spacial score (nSPS) is 12.8. The molecular formula is C10H11BF4IO2S-. The van der Waals surface area contributed by atoms with Crippen molar-refractivity contribution in [2.45, 2.75) is 32.0 Å². The monoisotopic (exact) mass is 409 g/mol. The smallest absolute Gasteiger partial charge is 0.449 e. The van der Waals surface area contributed by atoms with E-state index in [-0.39, 0.29) is 16.7 Å². The Morgan fingerprint density at radius 3 is 1.89 bits per heavy atom. The van der Waals surface area contributed by atoms with Crippen LogP contribution in [0.5, 0.6) is 0 Å². The van der Waals surface area contributed by atoms with Crippen molar-refractivity contribution in [2.24, 2.45) is 0 Å². The lowest BCUT2D eigenvalue weighted by Gasteiger charge is -2.22. The van der Waals surface area contributed by atoms with Crippen molar-refractivity contribution in [3.8, 4) is 0 Å². The van der Waals surface area contributed by atoms with E-state index in [1.54, 1.807) is 22.6 Å². The predicted octanol–water partition coefficient (Wildman–Crippen LogP) is 3.80. The molecule has 0 bridgehead atoms. The maximum absolute atomic E-state index is 13.3. The quantitative estimate of drug-likeness (QED) is 0.330. The third kappa shape index (κ3) is 3.62. The Kier molecular flexibility index (Phi) is 4.61. The van der Waals surface area contributed by atoms with Crippen LogP contribution in [0.15, 0.2) is 4.90 Å². The Morgan fingerprint density at radius 2 is 1.53 bits per heavy atom. The summed E-state index contributed by atoms with van der Waals surface area (Å²) in [5.74, 6) is 0. The van der Waals surface area contributed by atoms with Gasteiger partial charge < -0.3 is 12.9 Å². The summed E-state index contributed by atoms with van der Waals surface area (Å²) in [5.41, 5.74) is 0.189. The highest BCUT2D eigenvalue weighted by atomic mass is 127. The molecule has 0 N–H and O–H groups in total. The number of hydrogen-bond acceptors (Lipinski definition) is 2. The highest BCUT2D eigenvalue weighted by Crippen LogP contribution is 2.34. The van der Waals surface area contributed by atoms with E-state index in [9.17, 15) is 25.3 Å². The van der Waals surface area contributed by atoms with Gasteiger partial charge in [-0.1, -0.05) is 11.9 Å². The minimum atomic E-state index is -5.12. The second kappa shape index (κ2) is 5.23. The van der Waals surface area contributed by atoms with Gasteiger partial charge in [-0.3, -0.25) is 0 Å². The fraction of sp³-hybridized carbons (Fsp3) is 0.400. The van der Waals surface area contributed by atoms with Crippen LogP contribution in [0.25, 0.3) is 0 Å². The molecule has 0 aliphatic heterocycles. The molecule has 0 atom stereocenters. The van der Waals surface area contributed by atoms with Crippen molar-refractivity contribution in [1.82, 2.24) is 0 Å². The summed E-state index contributed by atoms with van der Waals surface area (Å²) in [6.07, 6.45) is -1.21. The van der Waals surface area contributed by atoms with Gasteiger partial charge in [0.15, 0.2) is 0 Å². The highest BCUT2D eigenvalue weighted by Gasteiger charge is 2.30. The van der Waals surface area contributed by atoms with E-state index >= 15 is 0 Å². The zero-order valence-electron chi connectivity index (χ0n) is 10.4. The van der Waals surface area contributed by atoms with Gasteiger partial charge in [0, 0.05) is 3.57 Å². The number of rotatable bonds is 3. The Hall–Kier alpha value is -0.315. The van der Waals surface area contributed by atoms with Crippen molar-refractivity contribution in [1.29, 1.82) is 0 Å². The van der Waals surface area contributed by atoms with Crippen LogP contribution in [-0.2, 0) is 16.5 Å². The molecule has 0 fully saturated rings. The van der Waals surface area contributed by atoms with Gasteiger partial charge in [-0.25, -0.2) is 0 Å². The van der Waals surface area contributed by atoms with Crippen LogP contribution in [0.2, 0.25) is 0 Å². The van der Waals surface area contributed by atoms with Crippen LogP contribution in [0, 0.1) is 24.3 Å². The van der Waals surface area contributed by atoms with Crippen molar-refractivity contribution >= 4 is 39.8 Å². The Bertz CT molecular complexity index is 626. The molecule has 108 valence electrons. The Balaban J connectivity index is 3.72.